The van der Waals surface area contributed by atoms with E-state index in [0.29, 0.717) is 28.1 Å². The lowest BCUT2D eigenvalue weighted by Crippen LogP contribution is -2.23. The van der Waals surface area contributed by atoms with Gasteiger partial charge in [-0.25, -0.2) is 9.38 Å². The molecule has 0 spiro atoms. The van der Waals surface area contributed by atoms with Crippen LogP contribution in [0.1, 0.15) is 16.7 Å². The predicted octanol–water partition coefficient (Wildman–Crippen LogP) is 5.35. The quantitative estimate of drug-likeness (QED) is 0.330. The van der Waals surface area contributed by atoms with Gasteiger partial charge in [0.05, 0.1) is 24.1 Å². The zero-order valence-electron chi connectivity index (χ0n) is 19.2. The fourth-order valence-electron chi connectivity index (χ4n) is 3.25. The van der Waals surface area contributed by atoms with E-state index in [1.54, 1.807) is 31.3 Å². The van der Waals surface area contributed by atoms with E-state index in [1.807, 2.05) is 42.5 Å². The number of hydrogen-bond donors (Lipinski definition) is 0. The normalized spacial score (nSPS) is 15.6. The van der Waals surface area contributed by atoms with Crippen molar-refractivity contribution in [2.45, 2.75) is 13.0 Å². The predicted molar refractivity (Wildman–Crippen MR) is 135 cm³/mol. The number of aliphatic imine (C=N–C) groups is 1. The lowest BCUT2D eigenvalue weighted by Gasteiger charge is -2.07. The van der Waals surface area contributed by atoms with Crippen LogP contribution in [-0.4, -0.2) is 36.1 Å². The molecule has 35 heavy (non-hydrogen) atoms. The van der Waals surface area contributed by atoms with Gasteiger partial charge in [0, 0.05) is 7.05 Å². The molecule has 1 heterocycles. The van der Waals surface area contributed by atoms with Crippen LogP contribution in [0.25, 0.3) is 6.08 Å². The summed E-state index contributed by atoms with van der Waals surface area (Å²) in [5.41, 5.74) is 3.25. The molecule has 6 nitrogen and oxygen atoms in total. The summed E-state index contributed by atoms with van der Waals surface area (Å²) in [5.74, 6) is -0.0366. The summed E-state index contributed by atoms with van der Waals surface area (Å²) in [5, 5.41) is 0.571. The third kappa shape index (κ3) is 6.36. The number of ether oxygens (including phenoxy) is 2. The van der Waals surface area contributed by atoms with Crippen molar-refractivity contribution in [2.24, 2.45) is 4.99 Å². The highest BCUT2D eigenvalue weighted by Gasteiger charge is 2.30. The molecule has 0 unspecified atom stereocenters. The molecule has 3 aromatic carbocycles. The lowest BCUT2D eigenvalue weighted by molar-refractivity contribution is -0.139. The summed E-state index contributed by atoms with van der Waals surface area (Å²) in [6.45, 7) is 0.337. The van der Waals surface area contributed by atoms with Crippen molar-refractivity contribution >= 4 is 40.6 Å². The number of hydrogen-bond acceptors (Lipinski definition) is 6. The van der Waals surface area contributed by atoms with Crippen molar-refractivity contribution in [3.63, 3.8) is 0 Å². The van der Waals surface area contributed by atoms with E-state index in [2.05, 4.69) is 9.73 Å². The Hall–Kier alpha value is -3.91. The maximum Gasteiger partial charge on any atom is 0.309 e. The number of rotatable bonds is 7. The van der Waals surface area contributed by atoms with Crippen molar-refractivity contribution < 1.29 is 23.5 Å². The summed E-state index contributed by atoms with van der Waals surface area (Å²) >= 11 is 1.30. The highest BCUT2D eigenvalue weighted by atomic mass is 32.2. The van der Waals surface area contributed by atoms with E-state index >= 15 is 0 Å². The average molecular weight is 491 g/mol. The molecular formula is C27H23FN2O4S. The molecule has 8 heteroatoms. The van der Waals surface area contributed by atoms with Gasteiger partial charge in [-0.15, -0.1) is 0 Å². The first-order chi connectivity index (χ1) is 16.9. The van der Waals surface area contributed by atoms with Gasteiger partial charge in [0.15, 0.2) is 5.17 Å². The Morgan fingerprint density at radius 2 is 1.66 bits per heavy atom. The van der Waals surface area contributed by atoms with Gasteiger partial charge in [0.2, 0.25) is 0 Å². The summed E-state index contributed by atoms with van der Waals surface area (Å²) in [7, 11) is 3.04. The second-order valence-corrected chi connectivity index (χ2v) is 8.78. The minimum absolute atomic E-state index is 0.132. The first-order valence-electron chi connectivity index (χ1n) is 10.8. The SMILES string of the molecule is COC(=O)Cc1ccc(N=C2S/C(=C\c3ccc(OCc4ccc(F)cc4)cc3)C(=O)N2C)cc1. The number of methoxy groups -OCH3 is 1. The fraction of sp³-hybridized carbons (Fsp3) is 0.148. The second-order valence-electron chi connectivity index (χ2n) is 7.77. The minimum atomic E-state index is -0.303. The lowest BCUT2D eigenvalue weighted by atomic mass is 10.1. The highest BCUT2D eigenvalue weighted by molar-refractivity contribution is 8.18. The number of thioether (sulfide) groups is 1. The van der Waals surface area contributed by atoms with Crippen LogP contribution in [0.2, 0.25) is 0 Å². The molecule has 3 aromatic rings. The molecule has 0 radical (unpaired) electrons. The van der Waals surface area contributed by atoms with Crippen molar-refractivity contribution in [1.82, 2.24) is 4.90 Å². The molecule has 0 aliphatic carbocycles. The van der Waals surface area contributed by atoms with Gasteiger partial charge in [-0.1, -0.05) is 36.4 Å². The fourth-order valence-corrected chi connectivity index (χ4v) is 4.24. The van der Waals surface area contributed by atoms with Gasteiger partial charge >= 0.3 is 5.97 Å². The number of amidine groups is 1. The molecule has 1 fully saturated rings. The summed E-state index contributed by atoms with van der Waals surface area (Å²) < 4.78 is 23.4. The zero-order valence-corrected chi connectivity index (χ0v) is 20.0. The number of amides is 1. The topological polar surface area (TPSA) is 68.2 Å². The van der Waals surface area contributed by atoms with E-state index in [1.165, 1.54) is 35.9 Å². The van der Waals surface area contributed by atoms with Gasteiger partial charge in [-0.05, 0) is 70.9 Å². The molecule has 1 amide bonds. The molecule has 0 saturated carbocycles. The monoisotopic (exact) mass is 490 g/mol. The van der Waals surface area contributed by atoms with E-state index in [4.69, 9.17) is 4.74 Å². The van der Waals surface area contributed by atoms with Crippen molar-refractivity contribution in [3.8, 4) is 5.75 Å². The van der Waals surface area contributed by atoms with E-state index < -0.39 is 0 Å². The molecule has 1 aliphatic rings. The maximum absolute atomic E-state index is 13.0. The van der Waals surface area contributed by atoms with Crippen LogP contribution in [0.3, 0.4) is 0 Å². The largest absolute Gasteiger partial charge is 0.489 e. The van der Waals surface area contributed by atoms with E-state index in [-0.39, 0.29) is 24.1 Å². The Kier molecular flexibility index (Phi) is 7.62. The average Bonchev–Trinajstić information content (AvgIpc) is 3.13. The number of nitrogens with zero attached hydrogens (tertiary/aromatic N) is 2. The molecule has 1 saturated heterocycles. The van der Waals surface area contributed by atoms with Crippen LogP contribution in [0, 0.1) is 5.82 Å². The third-order valence-electron chi connectivity index (χ3n) is 5.24. The molecule has 1 aliphatic heterocycles. The van der Waals surface area contributed by atoms with Crippen LogP contribution < -0.4 is 4.74 Å². The molecule has 4 rings (SSSR count). The van der Waals surface area contributed by atoms with Gasteiger partial charge in [0.1, 0.15) is 18.2 Å². The van der Waals surface area contributed by atoms with E-state index in [9.17, 15) is 14.0 Å². The number of carbonyl (C=O) groups is 2. The van der Waals surface area contributed by atoms with Gasteiger partial charge in [0.25, 0.3) is 5.91 Å². The van der Waals surface area contributed by atoms with Crippen molar-refractivity contribution in [1.29, 1.82) is 0 Å². The number of carbonyl (C=O) groups excluding carboxylic acids is 2. The van der Waals surface area contributed by atoms with Gasteiger partial charge in [-0.2, -0.15) is 0 Å². The number of benzene rings is 3. The highest BCUT2D eigenvalue weighted by Crippen LogP contribution is 2.33. The number of likely N-dealkylation sites (N-methyl/N-ethyl adjacent to an activating group) is 1. The van der Waals surface area contributed by atoms with Crippen LogP contribution in [0.15, 0.2) is 82.7 Å². The Balaban J connectivity index is 1.40. The second kappa shape index (κ2) is 11.0. The standard InChI is InChI=1S/C27H23FN2O4S/c1-30-26(32)24(35-27(30)29-22-11-5-19(6-12-22)16-25(31)33-2)15-18-7-13-23(14-8-18)34-17-20-3-9-21(28)10-4-20/h3-15H,16-17H2,1-2H3/b24-15-,29-27?. The van der Waals surface area contributed by atoms with Gasteiger partial charge < -0.3 is 9.47 Å². The molecule has 178 valence electrons. The first kappa shape index (κ1) is 24.2. The maximum atomic E-state index is 13.0. The Morgan fingerprint density at radius 3 is 2.31 bits per heavy atom. The third-order valence-corrected chi connectivity index (χ3v) is 6.30. The summed E-state index contributed by atoms with van der Waals surface area (Å²) in [6, 6.07) is 20.8. The van der Waals surface area contributed by atoms with E-state index in [0.717, 1.165) is 16.7 Å². The molecule has 0 N–H and O–H groups in total. The van der Waals surface area contributed by atoms with Crippen LogP contribution >= 0.6 is 11.8 Å². The molecule has 0 atom stereocenters. The van der Waals surface area contributed by atoms with Crippen LogP contribution in [0.5, 0.6) is 5.75 Å². The molecule has 0 bridgehead atoms. The van der Waals surface area contributed by atoms with Crippen LogP contribution in [-0.2, 0) is 27.4 Å². The Labute approximate surface area is 207 Å². The minimum Gasteiger partial charge on any atom is -0.489 e. The van der Waals surface area contributed by atoms with Gasteiger partial charge in [-0.3, -0.25) is 14.5 Å². The zero-order chi connectivity index (χ0) is 24.8. The number of halogens is 1. The smallest absolute Gasteiger partial charge is 0.309 e. The molecular weight excluding hydrogens is 467 g/mol. The molecule has 0 aromatic heterocycles. The number of esters is 1. The summed E-state index contributed by atoms with van der Waals surface area (Å²) in [4.78, 5) is 30.8. The first-order valence-corrected chi connectivity index (χ1v) is 11.6. The Morgan fingerprint density at radius 1 is 1.00 bits per heavy atom. The van der Waals surface area contributed by atoms with Crippen molar-refractivity contribution in [2.75, 3.05) is 14.2 Å². The summed E-state index contributed by atoms with van der Waals surface area (Å²) in [6.07, 6.45) is 2.01. The Bertz CT molecular complexity index is 1270. The van der Waals surface area contributed by atoms with Crippen molar-refractivity contribution in [3.05, 3.63) is 100 Å². The van der Waals surface area contributed by atoms with Crippen LogP contribution in [0.4, 0.5) is 10.1 Å².